The molecule has 1 aromatic carbocycles. The molecule has 0 saturated carbocycles. The maximum Gasteiger partial charge on any atom is 0.262 e. The van der Waals surface area contributed by atoms with E-state index in [2.05, 4.69) is 15.6 Å². The van der Waals surface area contributed by atoms with Gasteiger partial charge in [0.25, 0.3) is 5.56 Å². The van der Waals surface area contributed by atoms with E-state index in [0.29, 0.717) is 23.1 Å². The van der Waals surface area contributed by atoms with E-state index >= 15 is 0 Å². The smallest absolute Gasteiger partial charge is 0.262 e. The predicted octanol–water partition coefficient (Wildman–Crippen LogP) is 0.328. The first-order valence-electron chi connectivity index (χ1n) is 8.13. The number of hydrogen-bond acceptors (Lipinski definition) is 5. The van der Waals surface area contributed by atoms with Gasteiger partial charge in [0.1, 0.15) is 11.9 Å². The molecule has 7 heteroatoms. The first-order valence-corrected chi connectivity index (χ1v) is 8.13. The number of carbonyl (C=O) groups excluding carboxylic acids is 2. The second kappa shape index (κ2) is 5.52. The Labute approximate surface area is 138 Å². The topological polar surface area (TPSA) is 93.1 Å². The van der Waals surface area contributed by atoms with Gasteiger partial charge in [-0.1, -0.05) is 0 Å². The van der Waals surface area contributed by atoms with Crippen molar-refractivity contribution in [3.8, 4) is 0 Å². The van der Waals surface area contributed by atoms with Crippen LogP contribution in [0.3, 0.4) is 0 Å². The van der Waals surface area contributed by atoms with Crippen molar-refractivity contribution in [2.24, 2.45) is 0 Å². The molecule has 2 aliphatic rings. The van der Waals surface area contributed by atoms with Crippen LogP contribution < -0.4 is 16.2 Å². The van der Waals surface area contributed by atoms with Gasteiger partial charge in [-0.2, -0.15) is 0 Å². The monoisotopic (exact) mass is 326 g/mol. The molecule has 2 amide bonds. The maximum absolute atomic E-state index is 13.0. The molecule has 3 heterocycles. The minimum atomic E-state index is -0.679. The molecule has 0 unspecified atom stereocenters. The fraction of sp³-hybridized carbons (Fsp3) is 0.412. The Hall–Kier alpha value is -2.54. The molecule has 0 bridgehead atoms. The lowest BCUT2D eigenvalue weighted by molar-refractivity contribution is -0.135. The fourth-order valence-corrected chi connectivity index (χ4v) is 3.58. The van der Waals surface area contributed by atoms with Gasteiger partial charge in [-0.05, 0) is 49.6 Å². The maximum atomic E-state index is 13.0. The third kappa shape index (κ3) is 2.32. The van der Waals surface area contributed by atoms with Crippen molar-refractivity contribution < 1.29 is 9.59 Å². The van der Waals surface area contributed by atoms with E-state index in [1.807, 2.05) is 12.1 Å². The summed E-state index contributed by atoms with van der Waals surface area (Å²) in [6, 6.07) is 3.18. The van der Waals surface area contributed by atoms with Crippen LogP contribution in [0.15, 0.2) is 16.9 Å². The van der Waals surface area contributed by atoms with Crippen molar-refractivity contribution in [1.82, 2.24) is 20.2 Å². The molecule has 0 aliphatic carbocycles. The van der Waals surface area contributed by atoms with Crippen LogP contribution in [0.5, 0.6) is 0 Å². The third-order valence-electron chi connectivity index (χ3n) is 4.81. The van der Waals surface area contributed by atoms with E-state index in [1.54, 1.807) is 6.92 Å². The van der Waals surface area contributed by atoms with E-state index in [9.17, 15) is 14.4 Å². The molecule has 4 rings (SSSR count). The lowest BCUT2D eigenvalue weighted by Crippen LogP contribution is -2.45. The van der Waals surface area contributed by atoms with Gasteiger partial charge in [-0.3, -0.25) is 24.3 Å². The van der Waals surface area contributed by atoms with Gasteiger partial charge in [0.2, 0.25) is 11.8 Å². The highest BCUT2D eigenvalue weighted by Gasteiger charge is 2.30. The minimum Gasteiger partial charge on any atom is -0.312 e. The van der Waals surface area contributed by atoms with Crippen molar-refractivity contribution in [3.63, 3.8) is 0 Å². The van der Waals surface area contributed by atoms with Crippen LogP contribution in [0.4, 0.5) is 0 Å². The lowest BCUT2D eigenvalue weighted by atomic mass is 9.98. The molecule has 2 aliphatic heterocycles. The number of nitrogens with one attached hydrogen (secondary N) is 2. The Balaban J connectivity index is 1.89. The van der Waals surface area contributed by atoms with Crippen LogP contribution in [-0.2, 0) is 22.6 Å². The molecule has 1 aromatic heterocycles. The number of carbonyl (C=O) groups is 2. The summed E-state index contributed by atoms with van der Waals surface area (Å²) in [7, 11) is 0. The molecule has 2 N–H and O–H groups in total. The summed E-state index contributed by atoms with van der Waals surface area (Å²) in [6.45, 7) is 3.38. The second-order valence-electron chi connectivity index (χ2n) is 6.37. The van der Waals surface area contributed by atoms with Crippen molar-refractivity contribution in [2.75, 3.05) is 6.54 Å². The summed E-state index contributed by atoms with van der Waals surface area (Å²) in [6.07, 6.45) is 1.47. The molecule has 124 valence electrons. The van der Waals surface area contributed by atoms with Crippen molar-refractivity contribution in [3.05, 3.63) is 39.4 Å². The minimum absolute atomic E-state index is 0.222. The van der Waals surface area contributed by atoms with Gasteiger partial charge >= 0.3 is 0 Å². The largest absolute Gasteiger partial charge is 0.312 e. The Bertz CT molecular complexity index is 932. The summed E-state index contributed by atoms with van der Waals surface area (Å²) < 4.78 is 1.42. The molecule has 1 fully saturated rings. The Morgan fingerprint density at radius 2 is 2.00 bits per heavy atom. The van der Waals surface area contributed by atoms with Gasteiger partial charge in [0.05, 0.1) is 10.9 Å². The number of benzene rings is 1. The van der Waals surface area contributed by atoms with E-state index < -0.39 is 11.9 Å². The lowest BCUT2D eigenvalue weighted by Gasteiger charge is -2.25. The van der Waals surface area contributed by atoms with E-state index in [-0.39, 0.29) is 17.9 Å². The number of aromatic nitrogens is 2. The second-order valence-corrected chi connectivity index (χ2v) is 6.37. The van der Waals surface area contributed by atoms with E-state index in [0.717, 1.165) is 25.1 Å². The quantitative estimate of drug-likeness (QED) is 0.737. The van der Waals surface area contributed by atoms with Gasteiger partial charge in [-0.15, -0.1) is 0 Å². The number of fused-ring (bicyclic) bond motifs is 2. The number of hydrogen-bond donors (Lipinski definition) is 2. The highest BCUT2D eigenvalue weighted by atomic mass is 16.2. The standard InChI is InChI=1S/C17H18N4O3/c1-9-19-13-7-10-4-5-18-8-11(10)6-12(13)17(24)21(9)14-2-3-15(22)20-16(14)23/h6-7,14,18H,2-5,8H2,1H3,(H,20,22,23)/t14-/m0/s1. The van der Waals surface area contributed by atoms with E-state index in [1.165, 1.54) is 10.1 Å². The molecule has 1 saturated heterocycles. The van der Waals surface area contributed by atoms with Crippen LogP contribution in [0.1, 0.15) is 35.8 Å². The highest BCUT2D eigenvalue weighted by Crippen LogP contribution is 2.23. The van der Waals surface area contributed by atoms with Crippen LogP contribution >= 0.6 is 0 Å². The molecule has 0 spiro atoms. The number of nitrogens with zero attached hydrogens (tertiary/aromatic N) is 2. The molecular weight excluding hydrogens is 308 g/mol. The molecule has 7 nitrogen and oxygen atoms in total. The van der Waals surface area contributed by atoms with Gasteiger partial charge in [-0.25, -0.2) is 4.98 Å². The molecule has 1 atom stereocenters. The summed E-state index contributed by atoms with van der Waals surface area (Å²) in [5.74, 6) is -0.232. The van der Waals surface area contributed by atoms with Gasteiger partial charge in [0.15, 0.2) is 0 Å². The Morgan fingerprint density at radius 1 is 1.17 bits per heavy atom. The molecular formula is C17H18N4O3. The van der Waals surface area contributed by atoms with Crippen LogP contribution in [0.25, 0.3) is 10.9 Å². The normalized spacial score (nSPS) is 20.8. The fourth-order valence-electron chi connectivity index (χ4n) is 3.58. The SMILES string of the molecule is Cc1nc2cc3c(cc2c(=O)n1[C@H]1CCC(=O)NC1=O)CNCC3. The average Bonchev–Trinajstić information content (AvgIpc) is 2.55. The number of imide groups is 1. The van der Waals surface area contributed by atoms with Crippen LogP contribution in [-0.4, -0.2) is 27.9 Å². The first kappa shape index (κ1) is 15.0. The predicted molar refractivity (Wildman–Crippen MR) is 87.6 cm³/mol. The van der Waals surface area contributed by atoms with Crippen molar-refractivity contribution >= 4 is 22.7 Å². The molecule has 24 heavy (non-hydrogen) atoms. The summed E-state index contributed by atoms with van der Waals surface area (Å²) in [5, 5.41) is 6.12. The summed E-state index contributed by atoms with van der Waals surface area (Å²) in [5.41, 5.74) is 2.76. The first-order chi connectivity index (χ1) is 11.5. The number of rotatable bonds is 1. The third-order valence-corrected chi connectivity index (χ3v) is 4.81. The summed E-state index contributed by atoms with van der Waals surface area (Å²) in [4.78, 5) is 41.0. The Morgan fingerprint density at radius 3 is 2.79 bits per heavy atom. The molecule has 0 radical (unpaired) electrons. The zero-order chi connectivity index (χ0) is 16.8. The number of amides is 2. The highest BCUT2D eigenvalue weighted by molar-refractivity contribution is 5.99. The average molecular weight is 326 g/mol. The number of aryl methyl sites for hydroxylation is 1. The number of piperidine rings is 1. The van der Waals surface area contributed by atoms with Crippen LogP contribution in [0, 0.1) is 6.92 Å². The van der Waals surface area contributed by atoms with Crippen LogP contribution in [0.2, 0.25) is 0 Å². The van der Waals surface area contributed by atoms with Crippen molar-refractivity contribution in [1.29, 1.82) is 0 Å². The van der Waals surface area contributed by atoms with Crippen molar-refractivity contribution in [2.45, 2.75) is 38.8 Å². The van der Waals surface area contributed by atoms with Gasteiger partial charge < -0.3 is 5.32 Å². The zero-order valence-electron chi connectivity index (χ0n) is 13.4. The van der Waals surface area contributed by atoms with E-state index in [4.69, 9.17) is 0 Å². The van der Waals surface area contributed by atoms with Gasteiger partial charge in [0, 0.05) is 13.0 Å². The Kier molecular flexibility index (Phi) is 3.45. The summed E-state index contributed by atoms with van der Waals surface area (Å²) >= 11 is 0. The zero-order valence-corrected chi connectivity index (χ0v) is 13.4. The molecule has 2 aromatic rings.